The molecule has 0 saturated heterocycles. The highest BCUT2D eigenvalue weighted by Crippen LogP contribution is 2.27. The Morgan fingerprint density at radius 1 is 1.24 bits per heavy atom. The summed E-state index contributed by atoms with van der Waals surface area (Å²) in [6.07, 6.45) is 1.78. The van der Waals surface area contributed by atoms with Gasteiger partial charge >= 0.3 is 0 Å². The molecule has 1 heterocycles. The molecule has 0 bridgehead atoms. The lowest BCUT2D eigenvalue weighted by atomic mass is 10.1. The van der Waals surface area contributed by atoms with Crippen molar-refractivity contribution in [2.75, 3.05) is 14.2 Å². The number of hydrogen-bond donors (Lipinski definition) is 1. The molecule has 0 atom stereocenters. The number of ether oxygens (including phenoxy) is 1. The molecule has 88 valence electrons. The highest BCUT2D eigenvalue weighted by Gasteiger charge is 2.06. The summed E-state index contributed by atoms with van der Waals surface area (Å²) in [5.41, 5.74) is 3.20. The van der Waals surface area contributed by atoms with E-state index in [1.165, 1.54) is 5.56 Å². The van der Waals surface area contributed by atoms with Crippen molar-refractivity contribution in [2.45, 2.75) is 6.54 Å². The normalized spacial score (nSPS) is 10.2. The Hall–Kier alpha value is -1.87. The Morgan fingerprint density at radius 2 is 2.12 bits per heavy atom. The van der Waals surface area contributed by atoms with E-state index in [0.717, 1.165) is 23.6 Å². The topological polar surface area (TPSA) is 34.2 Å². The molecule has 0 saturated carbocycles. The zero-order valence-corrected chi connectivity index (χ0v) is 10.1. The average Bonchev–Trinajstić information content (AvgIpc) is 2.39. The van der Waals surface area contributed by atoms with Gasteiger partial charge in [0, 0.05) is 18.3 Å². The molecule has 0 aliphatic carbocycles. The quantitative estimate of drug-likeness (QED) is 0.873. The van der Waals surface area contributed by atoms with Crippen LogP contribution < -0.4 is 10.1 Å². The number of nitrogens with zero attached hydrogens (tertiary/aromatic N) is 1. The van der Waals surface area contributed by atoms with Gasteiger partial charge in [-0.05, 0) is 30.8 Å². The van der Waals surface area contributed by atoms with E-state index in [4.69, 9.17) is 4.74 Å². The summed E-state index contributed by atoms with van der Waals surface area (Å²) in [6.45, 7) is 0.850. The molecular formula is C14H16N2O. The first-order valence-electron chi connectivity index (χ1n) is 5.58. The molecule has 3 nitrogen and oxygen atoms in total. The van der Waals surface area contributed by atoms with E-state index in [0.29, 0.717) is 0 Å². The summed E-state index contributed by atoms with van der Waals surface area (Å²) in [5, 5.41) is 3.14. The third kappa shape index (κ3) is 2.63. The van der Waals surface area contributed by atoms with Crippen molar-refractivity contribution in [3.05, 3.63) is 48.2 Å². The number of aromatic nitrogens is 1. The van der Waals surface area contributed by atoms with Gasteiger partial charge in [-0.3, -0.25) is 4.98 Å². The number of pyridine rings is 1. The Balaban J connectivity index is 2.41. The minimum atomic E-state index is 0.800. The van der Waals surface area contributed by atoms with Gasteiger partial charge in [-0.25, -0.2) is 0 Å². The number of benzene rings is 1. The van der Waals surface area contributed by atoms with Crippen LogP contribution in [0.1, 0.15) is 5.56 Å². The van der Waals surface area contributed by atoms with E-state index in [2.05, 4.69) is 22.4 Å². The summed E-state index contributed by atoms with van der Waals surface area (Å²) in [4.78, 5) is 4.38. The summed E-state index contributed by atoms with van der Waals surface area (Å²) in [7, 11) is 3.60. The second-order valence-electron chi connectivity index (χ2n) is 3.78. The van der Waals surface area contributed by atoms with E-state index in [1.54, 1.807) is 13.3 Å². The van der Waals surface area contributed by atoms with Gasteiger partial charge in [0.15, 0.2) is 0 Å². The van der Waals surface area contributed by atoms with Crippen LogP contribution in [0.15, 0.2) is 42.6 Å². The molecule has 1 aromatic heterocycles. The molecule has 2 rings (SSSR count). The van der Waals surface area contributed by atoms with Crippen molar-refractivity contribution in [3.63, 3.8) is 0 Å². The first-order valence-corrected chi connectivity index (χ1v) is 5.58. The highest BCUT2D eigenvalue weighted by atomic mass is 16.5. The van der Waals surface area contributed by atoms with Crippen LogP contribution in [0.25, 0.3) is 11.3 Å². The standard InChI is InChI=1S/C14H16N2O/c1-15-10-11-5-3-6-12(9-11)14-13(17-2)7-4-8-16-14/h3-9,15H,10H2,1-2H3. The molecule has 2 aromatic rings. The number of rotatable bonds is 4. The lowest BCUT2D eigenvalue weighted by Crippen LogP contribution is -2.04. The molecule has 3 heteroatoms. The Kier molecular flexibility index (Phi) is 3.73. The van der Waals surface area contributed by atoms with Gasteiger partial charge in [-0.2, -0.15) is 0 Å². The molecular weight excluding hydrogens is 212 g/mol. The fourth-order valence-corrected chi connectivity index (χ4v) is 1.80. The van der Waals surface area contributed by atoms with Crippen molar-refractivity contribution in [1.29, 1.82) is 0 Å². The number of hydrogen-bond acceptors (Lipinski definition) is 3. The molecule has 0 amide bonds. The van der Waals surface area contributed by atoms with Gasteiger partial charge in [0.25, 0.3) is 0 Å². The third-order valence-corrected chi connectivity index (χ3v) is 2.57. The van der Waals surface area contributed by atoms with Crippen LogP contribution in [0, 0.1) is 0 Å². The van der Waals surface area contributed by atoms with Crippen LogP contribution in [0.4, 0.5) is 0 Å². The third-order valence-electron chi connectivity index (χ3n) is 2.57. The van der Waals surface area contributed by atoms with Crippen LogP contribution in [0.2, 0.25) is 0 Å². The smallest absolute Gasteiger partial charge is 0.145 e. The minimum absolute atomic E-state index is 0.800. The van der Waals surface area contributed by atoms with Crippen LogP contribution in [0.5, 0.6) is 5.75 Å². The monoisotopic (exact) mass is 228 g/mol. The second-order valence-corrected chi connectivity index (χ2v) is 3.78. The summed E-state index contributed by atoms with van der Waals surface area (Å²) in [6, 6.07) is 12.1. The Labute approximate surface area is 101 Å². The summed E-state index contributed by atoms with van der Waals surface area (Å²) >= 11 is 0. The predicted octanol–water partition coefficient (Wildman–Crippen LogP) is 2.48. The van der Waals surface area contributed by atoms with Crippen LogP contribution in [-0.4, -0.2) is 19.1 Å². The molecule has 0 fully saturated rings. The van der Waals surface area contributed by atoms with Gasteiger partial charge in [-0.1, -0.05) is 18.2 Å². The largest absolute Gasteiger partial charge is 0.494 e. The van der Waals surface area contributed by atoms with Crippen LogP contribution in [-0.2, 0) is 6.54 Å². The van der Waals surface area contributed by atoms with E-state index in [9.17, 15) is 0 Å². The maximum atomic E-state index is 5.32. The maximum Gasteiger partial charge on any atom is 0.145 e. The molecule has 0 aliphatic rings. The van der Waals surface area contributed by atoms with Crippen LogP contribution in [0.3, 0.4) is 0 Å². The van der Waals surface area contributed by atoms with E-state index < -0.39 is 0 Å². The summed E-state index contributed by atoms with van der Waals surface area (Å²) < 4.78 is 5.32. The van der Waals surface area contributed by atoms with Crippen molar-refractivity contribution < 1.29 is 4.74 Å². The van der Waals surface area contributed by atoms with E-state index >= 15 is 0 Å². The molecule has 1 aromatic carbocycles. The maximum absolute atomic E-state index is 5.32. The zero-order valence-electron chi connectivity index (χ0n) is 10.1. The molecule has 1 N–H and O–H groups in total. The van der Waals surface area contributed by atoms with Crippen molar-refractivity contribution in [1.82, 2.24) is 10.3 Å². The molecule has 0 unspecified atom stereocenters. The molecule has 17 heavy (non-hydrogen) atoms. The lowest BCUT2D eigenvalue weighted by Gasteiger charge is -2.08. The molecule has 0 radical (unpaired) electrons. The van der Waals surface area contributed by atoms with Gasteiger partial charge < -0.3 is 10.1 Å². The lowest BCUT2D eigenvalue weighted by molar-refractivity contribution is 0.415. The first kappa shape index (κ1) is 11.6. The van der Waals surface area contributed by atoms with Gasteiger partial charge in [0.1, 0.15) is 11.4 Å². The fraction of sp³-hybridized carbons (Fsp3) is 0.214. The van der Waals surface area contributed by atoms with Crippen LogP contribution >= 0.6 is 0 Å². The SMILES string of the molecule is CNCc1cccc(-c2ncccc2OC)c1. The summed E-state index contributed by atoms with van der Waals surface area (Å²) in [5.74, 6) is 0.800. The van der Waals surface area contributed by atoms with Crippen molar-refractivity contribution in [2.24, 2.45) is 0 Å². The second kappa shape index (κ2) is 5.46. The predicted molar refractivity (Wildman–Crippen MR) is 69.0 cm³/mol. The van der Waals surface area contributed by atoms with E-state index in [-0.39, 0.29) is 0 Å². The van der Waals surface area contributed by atoms with Crippen molar-refractivity contribution in [3.8, 4) is 17.0 Å². The zero-order chi connectivity index (χ0) is 12.1. The Morgan fingerprint density at radius 3 is 2.88 bits per heavy atom. The first-order chi connectivity index (χ1) is 8.35. The Bertz CT molecular complexity index is 497. The molecule has 0 spiro atoms. The van der Waals surface area contributed by atoms with Gasteiger partial charge in [0.2, 0.25) is 0 Å². The van der Waals surface area contributed by atoms with Gasteiger partial charge in [-0.15, -0.1) is 0 Å². The van der Waals surface area contributed by atoms with Crippen molar-refractivity contribution >= 4 is 0 Å². The highest BCUT2D eigenvalue weighted by molar-refractivity contribution is 5.66. The minimum Gasteiger partial charge on any atom is -0.494 e. The fourth-order valence-electron chi connectivity index (χ4n) is 1.80. The number of nitrogens with one attached hydrogen (secondary N) is 1. The van der Waals surface area contributed by atoms with E-state index in [1.807, 2.05) is 31.3 Å². The van der Waals surface area contributed by atoms with Gasteiger partial charge in [0.05, 0.1) is 7.11 Å². The average molecular weight is 228 g/mol. The molecule has 0 aliphatic heterocycles. The number of methoxy groups -OCH3 is 1.